The molecule has 1 aromatic rings. The normalized spacial score (nSPS) is 24.6. The third kappa shape index (κ3) is 3.30. The van der Waals surface area contributed by atoms with Crippen molar-refractivity contribution in [2.75, 3.05) is 6.61 Å². The monoisotopic (exact) mass is 317 g/mol. The van der Waals surface area contributed by atoms with Gasteiger partial charge in [-0.15, -0.1) is 0 Å². The lowest BCUT2D eigenvalue weighted by Gasteiger charge is -2.44. The molecule has 23 heavy (non-hydrogen) atoms. The van der Waals surface area contributed by atoms with Crippen LogP contribution in [-0.4, -0.2) is 35.6 Å². The maximum Gasteiger partial charge on any atom is 0.318 e. The van der Waals surface area contributed by atoms with Crippen molar-refractivity contribution in [3.8, 4) is 0 Å². The Morgan fingerprint density at radius 2 is 1.83 bits per heavy atom. The number of esters is 1. The number of nitrogens with zero attached hydrogens (tertiary/aromatic N) is 1. The van der Waals surface area contributed by atoms with Crippen LogP contribution in [0.15, 0.2) is 30.3 Å². The van der Waals surface area contributed by atoms with E-state index in [1.807, 2.05) is 25.1 Å². The van der Waals surface area contributed by atoms with Crippen molar-refractivity contribution in [1.82, 2.24) is 4.90 Å². The van der Waals surface area contributed by atoms with E-state index in [2.05, 4.69) is 44.7 Å². The van der Waals surface area contributed by atoms with Crippen molar-refractivity contribution >= 4 is 5.97 Å². The van der Waals surface area contributed by atoms with E-state index in [1.54, 1.807) is 0 Å². The summed E-state index contributed by atoms with van der Waals surface area (Å²) in [6.45, 7) is 11.2. The standard InChI is InChI=1S/C20H31NO2/c1-6-23-19(22)20(17-11-8-7-9-12-17)14-10-13-18(20)21(15(2)3)16(4)5/h7-9,11-12,15-16,18H,6,10,13-14H2,1-5H3. The molecule has 1 fully saturated rings. The largest absolute Gasteiger partial charge is 0.465 e. The van der Waals surface area contributed by atoms with E-state index in [9.17, 15) is 4.79 Å². The first-order chi connectivity index (χ1) is 10.9. The first-order valence-electron chi connectivity index (χ1n) is 8.95. The van der Waals surface area contributed by atoms with Gasteiger partial charge >= 0.3 is 5.97 Å². The summed E-state index contributed by atoms with van der Waals surface area (Å²) in [4.78, 5) is 15.6. The Kier molecular flexibility index (Phi) is 5.85. The van der Waals surface area contributed by atoms with Gasteiger partial charge in [0.1, 0.15) is 5.41 Å². The van der Waals surface area contributed by atoms with Gasteiger partial charge in [0.25, 0.3) is 0 Å². The zero-order valence-corrected chi connectivity index (χ0v) is 15.2. The van der Waals surface area contributed by atoms with Crippen LogP contribution in [0.25, 0.3) is 0 Å². The minimum Gasteiger partial charge on any atom is -0.465 e. The Labute approximate surface area is 141 Å². The summed E-state index contributed by atoms with van der Waals surface area (Å²) in [5, 5.41) is 0. The Hall–Kier alpha value is -1.35. The summed E-state index contributed by atoms with van der Waals surface area (Å²) in [6.07, 6.45) is 2.98. The molecule has 1 aliphatic carbocycles. The minimum atomic E-state index is -0.536. The highest BCUT2D eigenvalue weighted by Crippen LogP contribution is 2.46. The van der Waals surface area contributed by atoms with E-state index in [0.717, 1.165) is 24.8 Å². The van der Waals surface area contributed by atoms with E-state index < -0.39 is 5.41 Å². The minimum absolute atomic E-state index is 0.0556. The van der Waals surface area contributed by atoms with Gasteiger partial charge in [0, 0.05) is 18.1 Å². The maximum absolute atomic E-state index is 13.1. The fraction of sp³-hybridized carbons (Fsp3) is 0.650. The second-order valence-electron chi connectivity index (χ2n) is 7.10. The first kappa shape index (κ1) is 18.0. The summed E-state index contributed by atoms with van der Waals surface area (Å²) < 4.78 is 5.56. The lowest BCUT2D eigenvalue weighted by molar-refractivity contribution is -0.153. The van der Waals surface area contributed by atoms with E-state index >= 15 is 0 Å². The number of hydrogen-bond donors (Lipinski definition) is 0. The van der Waals surface area contributed by atoms with Gasteiger partial charge in [0.05, 0.1) is 6.61 Å². The van der Waals surface area contributed by atoms with Crippen molar-refractivity contribution in [3.05, 3.63) is 35.9 Å². The topological polar surface area (TPSA) is 29.5 Å². The molecule has 1 saturated carbocycles. The summed E-state index contributed by atoms with van der Waals surface area (Å²) in [6, 6.07) is 11.2. The average molecular weight is 317 g/mol. The number of carbonyl (C=O) groups excluding carboxylic acids is 1. The molecule has 1 aromatic carbocycles. The molecule has 0 aromatic heterocycles. The van der Waals surface area contributed by atoms with E-state index in [-0.39, 0.29) is 12.0 Å². The van der Waals surface area contributed by atoms with Crippen LogP contribution in [0, 0.1) is 0 Å². The van der Waals surface area contributed by atoms with Gasteiger partial charge in [-0.25, -0.2) is 0 Å². The van der Waals surface area contributed by atoms with Gasteiger partial charge in [0.2, 0.25) is 0 Å². The Balaban J connectivity index is 2.53. The zero-order valence-electron chi connectivity index (χ0n) is 15.2. The second-order valence-corrected chi connectivity index (χ2v) is 7.10. The van der Waals surface area contributed by atoms with Crippen LogP contribution in [0.3, 0.4) is 0 Å². The average Bonchev–Trinajstić information content (AvgIpc) is 2.93. The molecule has 0 bridgehead atoms. The molecule has 0 heterocycles. The fourth-order valence-corrected chi connectivity index (χ4v) is 4.39. The smallest absolute Gasteiger partial charge is 0.318 e. The highest BCUT2D eigenvalue weighted by atomic mass is 16.5. The molecule has 2 atom stereocenters. The van der Waals surface area contributed by atoms with Crippen LogP contribution in [-0.2, 0) is 14.9 Å². The van der Waals surface area contributed by atoms with Gasteiger partial charge in [-0.3, -0.25) is 9.69 Å². The Bertz CT molecular complexity index is 504. The molecule has 2 unspecified atom stereocenters. The van der Waals surface area contributed by atoms with Crippen molar-refractivity contribution in [2.45, 2.75) is 77.4 Å². The number of ether oxygens (including phenoxy) is 1. The van der Waals surface area contributed by atoms with Crippen LogP contribution >= 0.6 is 0 Å². The predicted molar refractivity (Wildman–Crippen MR) is 94.5 cm³/mol. The lowest BCUT2D eigenvalue weighted by atomic mass is 9.74. The summed E-state index contributed by atoms with van der Waals surface area (Å²) in [7, 11) is 0. The maximum atomic E-state index is 13.1. The van der Waals surface area contributed by atoms with Gasteiger partial charge in [-0.1, -0.05) is 36.8 Å². The molecule has 0 aliphatic heterocycles. The van der Waals surface area contributed by atoms with Crippen LogP contribution < -0.4 is 0 Å². The third-order valence-electron chi connectivity index (χ3n) is 5.10. The molecule has 1 aliphatic rings. The van der Waals surface area contributed by atoms with Crippen molar-refractivity contribution in [1.29, 1.82) is 0 Å². The Morgan fingerprint density at radius 1 is 1.22 bits per heavy atom. The van der Waals surface area contributed by atoms with Crippen molar-refractivity contribution < 1.29 is 9.53 Å². The molecule has 0 radical (unpaired) electrons. The van der Waals surface area contributed by atoms with E-state index in [4.69, 9.17) is 4.74 Å². The van der Waals surface area contributed by atoms with Crippen LogP contribution in [0.1, 0.15) is 59.4 Å². The summed E-state index contributed by atoms with van der Waals surface area (Å²) in [5.74, 6) is -0.0556. The molecule has 2 rings (SSSR count). The third-order valence-corrected chi connectivity index (χ3v) is 5.10. The molecular formula is C20H31NO2. The number of rotatable bonds is 6. The molecule has 0 amide bonds. The SMILES string of the molecule is CCOC(=O)C1(c2ccccc2)CCCC1N(C(C)C)C(C)C. The van der Waals surface area contributed by atoms with Crippen LogP contribution in [0.5, 0.6) is 0 Å². The molecule has 3 heteroatoms. The van der Waals surface area contributed by atoms with Crippen LogP contribution in [0.2, 0.25) is 0 Å². The number of benzene rings is 1. The molecule has 128 valence electrons. The van der Waals surface area contributed by atoms with Crippen molar-refractivity contribution in [3.63, 3.8) is 0 Å². The summed E-state index contributed by atoms with van der Waals surface area (Å²) in [5.41, 5.74) is 0.568. The van der Waals surface area contributed by atoms with Gasteiger partial charge < -0.3 is 4.74 Å². The summed E-state index contributed by atoms with van der Waals surface area (Å²) >= 11 is 0. The second kappa shape index (κ2) is 7.48. The fourth-order valence-electron chi connectivity index (χ4n) is 4.39. The predicted octanol–water partition coefficient (Wildman–Crippen LogP) is 4.16. The number of hydrogen-bond acceptors (Lipinski definition) is 3. The quantitative estimate of drug-likeness (QED) is 0.738. The molecule has 0 spiro atoms. The van der Waals surface area contributed by atoms with Gasteiger partial charge in [-0.05, 0) is 53.0 Å². The highest BCUT2D eigenvalue weighted by Gasteiger charge is 2.54. The van der Waals surface area contributed by atoms with Gasteiger partial charge in [-0.2, -0.15) is 0 Å². The molecule has 0 N–H and O–H groups in total. The van der Waals surface area contributed by atoms with E-state index in [1.165, 1.54) is 0 Å². The zero-order chi connectivity index (χ0) is 17.0. The lowest BCUT2D eigenvalue weighted by Crippen LogP contribution is -2.56. The molecular weight excluding hydrogens is 286 g/mol. The molecule has 3 nitrogen and oxygen atoms in total. The van der Waals surface area contributed by atoms with E-state index in [0.29, 0.717) is 18.7 Å². The number of carbonyl (C=O) groups is 1. The van der Waals surface area contributed by atoms with Gasteiger partial charge in [0.15, 0.2) is 0 Å². The van der Waals surface area contributed by atoms with Crippen LogP contribution in [0.4, 0.5) is 0 Å². The molecule has 0 saturated heterocycles. The first-order valence-corrected chi connectivity index (χ1v) is 8.95. The Morgan fingerprint density at radius 3 is 2.35 bits per heavy atom. The van der Waals surface area contributed by atoms with Crippen molar-refractivity contribution in [2.24, 2.45) is 0 Å². The highest BCUT2D eigenvalue weighted by molar-refractivity contribution is 5.85.